The van der Waals surface area contributed by atoms with E-state index in [4.69, 9.17) is 5.73 Å². The van der Waals surface area contributed by atoms with Gasteiger partial charge in [0.05, 0.1) is 5.97 Å². The van der Waals surface area contributed by atoms with Crippen LogP contribution in [0.2, 0.25) is 0 Å². The van der Waals surface area contributed by atoms with E-state index in [1.54, 1.807) is 0 Å². The molecule has 1 aliphatic carbocycles. The third-order valence-electron chi connectivity index (χ3n) is 2.88. The molecule has 1 saturated carbocycles. The van der Waals surface area contributed by atoms with E-state index in [1.165, 1.54) is 17.3 Å². The molecule has 1 amide bonds. The van der Waals surface area contributed by atoms with Gasteiger partial charge in [-0.05, 0) is 18.8 Å². The number of carboxylic acids is 1. The van der Waals surface area contributed by atoms with Gasteiger partial charge >= 0.3 is 51.4 Å². The van der Waals surface area contributed by atoms with Crippen molar-refractivity contribution in [3.63, 3.8) is 0 Å². The predicted molar refractivity (Wildman–Crippen MR) is 52.4 cm³/mol. The fourth-order valence-electron chi connectivity index (χ4n) is 1.79. The second-order valence-corrected chi connectivity index (χ2v) is 4.06. The summed E-state index contributed by atoms with van der Waals surface area (Å²) in [5.41, 5.74) is 4.58. The van der Waals surface area contributed by atoms with E-state index in [0.717, 1.165) is 12.8 Å². The zero-order chi connectivity index (χ0) is 11.7. The topological polar surface area (TPSA) is 101 Å². The first-order chi connectivity index (χ1) is 7.58. The van der Waals surface area contributed by atoms with Gasteiger partial charge in [0.25, 0.3) is 5.91 Å². The van der Waals surface area contributed by atoms with Crippen LogP contribution in [0.1, 0.15) is 40.1 Å². The number of carbonyl (C=O) groups is 2. The van der Waals surface area contributed by atoms with E-state index < -0.39 is 11.9 Å². The molecule has 0 spiro atoms. The summed E-state index contributed by atoms with van der Waals surface area (Å²) >= 11 is 0. The molecule has 1 aromatic heterocycles. The smallest absolute Gasteiger partial charge is 0.545 e. The second-order valence-electron chi connectivity index (χ2n) is 4.06. The Morgan fingerprint density at radius 3 is 2.53 bits per heavy atom. The van der Waals surface area contributed by atoms with Gasteiger partial charge < -0.3 is 15.6 Å². The molecule has 17 heavy (non-hydrogen) atoms. The molecular formula is C10H12KN3O3. The van der Waals surface area contributed by atoms with Gasteiger partial charge in [0.2, 0.25) is 0 Å². The Kier molecular flexibility index (Phi) is 5.33. The number of nitrogens with two attached hydrogens (primary N) is 1. The van der Waals surface area contributed by atoms with Crippen LogP contribution in [0.3, 0.4) is 0 Å². The number of primary amides is 1. The maximum absolute atomic E-state index is 11.0. The van der Waals surface area contributed by atoms with E-state index >= 15 is 0 Å². The largest absolute Gasteiger partial charge is 1.00 e. The average molecular weight is 261 g/mol. The molecule has 2 N–H and O–H groups in total. The van der Waals surface area contributed by atoms with Crippen molar-refractivity contribution in [1.29, 1.82) is 0 Å². The van der Waals surface area contributed by atoms with Crippen LogP contribution in [0.15, 0.2) is 6.20 Å². The minimum atomic E-state index is -1.42. The van der Waals surface area contributed by atoms with Crippen LogP contribution in [0.25, 0.3) is 0 Å². The van der Waals surface area contributed by atoms with E-state index in [9.17, 15) is 14.7 Å². The summed E-state index contributed by atoms with van der Waals surface area (Å²) in [6.07, 6.45) is 4.74. The number of carboxylic acid groups (broad SMARTS) is 1. The quantitative estimate of drug-likeness (QED) is 0.561. The van der Waals surface area contributed by atoms with Gasteiger partial charge in [0.15, 0.2) is 5.69 Å². The van der Waals surface area contributed by atoms with E-state index in [2.05, 4.69) is 5.10 Å². The van der Waals surface area contributed by atoms with Crippen LogP contribution in [0.5, 0.6) is 0 Å². The normalized spacial score (nSPS) is 14.8. The van der Waals surface area contributed by atoms with E-state index in [-0.39, 0.29) is 62.6 Å². The van der Waals surface area contributed by atoms with Crippen molar-refractivity contribution < 1.29 is 66.1 Å². The first-order valence-electron chi connectivity index (χ1n) is 5.16. The summed E-state index contributed by atoms with van der Waals surface area (Å²) in [5, 5.41) is 14.6. The number of hydrogen-bond acceptors (Lipinski definition) is 4. The monoisotopic (exact) mass is 261 g/mol. The molecule has 1 aromatic rings. The number of amides is 1. The minimum absolute atomic E-state index is 0. The van der Waals surface area contributed by atoms with Gasteiger partial charge in [-0.25, -0.2) is 0 Å². The number of aromatic carboxylic acids is 1. The van der Waals surface area contributed by atoms with Gasteiger partial charge in [-0.2, -0.15) is 5.10 Å². The molecule has 0 bridgehead atoms. The number of aromatic nitrogens is 2. The summed E-state index contributed by atoms with van der Waals surface area (Å²) < 4.78 is 1.47. The van der Waals surface area contributed by atoms with Gasteiger partial charge in [-0.3, -0.25) is 9.48 Å². The molecule has 6 nitrogen and oxygen atoms in total. The number of nitrogens with zero attached hydrogens (tertiary/aromatic N) is 2. The predicted octanol–water partition coefficient (Wildman–Crippen LogP) is -3.85. The third kappa shape index (κ3) is 3.38. The Labute approximate surface area is 141 Å². The molecule has 1 heterocycles. The Bertz CT molecular complexity index is 409. The van der Waals surface area contributed by atoms with Crippen molar-refractivity contribution in [1.82, 2.24) is 9.78 Å². The third-order valence-corrected chi connectivity index (χ3v) is 2.88. The van der Waals surface area contributed by atoms with Crippen LogP contribution in [-0.4, -0.2) is 21.7 Å². The minimum Gasteiger partial charge on any atom is -0.545 e. The SMILES string of the molecule is NC(=O)c1nn(CC2CCC2)cc1C(=O)[O-].[K+]. The standard InChI is InChI=1S/C10H13N3O3.K/c11-9(14)8-7(10(15)16)5-13(12-8)4-6-2-1-3-6;/h5-6H,1-4H2,(H2,11,14)(H,15,16);/q;+1/p-1. The Hall–Kier alpha value is -0.214. The van der Waals surface area contributed by atoms with Crippen LogP contribution in [0.4, 0.5) is 0 Å². The van der Waals surface area contributed by atoms with Crippen molar-refractivity contribution in [2.45, 2.75) is 25.8 Å². The maximum Gasteiger partial charge on any atom is 1.00 e. The van der Waals surface area contributed by atoms with E-state index in [1.807, 2.05) is 0 Å². The number of rotatable bonds is 4. The van der Waals surface area contributed by atoms with Crippen LogP contribution in [-0.2, 0) is 6.54 Å². The molecule has 0 saturated heterocycles. The first kappa shape index (κ1) is 14.8. The summed E-state index contributed by atoms with van der Waals surface area (Å²) in [7, 11) is 0. The molecule has 0 aliphatic heterocycles. The van der Waals surface area contributed by atoms with Crippen molar-refractivity contribution in [2.24, 2.45) is 11.7 Å². The number of carbonyl (C=O) groups excluding carboxylic acids is 2. The molecule has 0 atom stereocenters. The van der Waals surface area contributed by atoms with Crippen LogP contribution < -0.4 is 62.2 Å². The summed E-state index contributed by atoms with van der Waals surface area (Å²) in [6, 6.07) is 0. The second kappa shape index (κ2) is 6.10. The molecule has 7 heteroatoms. The zero-order valence-corrected chi connectivity index (χ0v) is 12.8. The Morgan fingerprint density at radius 1 is 1.53 bits per heavy atom. The molecule has 86 valence electrons. The molecule has 1 fully saturated rings. The Morgan fingerprint density at radius 2 is 2.18 bits per heavy atom. The van der Waals surface area contributed by atoms with Crippen molar-refractivity contribution in [2.75, 3.05) is 0 Å². The van der Waals surface area contributed by atoms with Crippen LogP contribution >= 0.6 is 0 Å². The Balaban J connectivity index is 0.00000144. The van der Waals surface area contributed by atoms with Crippen molar-refractivity contribution in [3.05, 3.63) is 17.5 Å². The van der Waals surface area contributed by atoms with Crippen molar-refractivity contribution >= 4 is 11.9 Å². The van der Waals surface area contributed by atoms with Gasteiger partial charge in [0, 0.05) is 18.3 Å². The molecule has 0 radical (unpaired) electrons. The maximum atomic E-state index is 11.0. The first-order valence-corrected chi connectivity index (χ1v) is 5.16. The van der Waals surface area contributed by atoms with Gasteiger partial charge in [-0.1, -0.05) is 6.42 Å². The van der Waals surface area contributed by atoms with Crippen LogP contribution in [0, 0.1) is 5.92 Å². The summed E-state index contributed by atoms with van der Waals surface area (Å²) in [4.78, 5) is 21.7. The molecule has 2 rings (SSSR count). The van der Waals surface area contributed by atoms with Crippen molar-refractivity contribution in [3.8, 4) is 0 Å². The molecule has 0 unspecified atom stereocenters. The average Bonchev–Trinajstić information content (AvgIpc) is 2.55. The molecular weight excluding hydrogens is 249 g/mol. The molecule has 0 aromatic carbocycles. The summed E-state index contributed by atoms with van der Waals surface area (Å²) in [6.45, 7) is 0.632. The molecule has 1 aliphatic rings. The fraction of sp³-hybridized carbons (Fsp3) is 0.500. The number of hydrogen-bond donors (Lipinski definition) is 1. The van der Waals surface area contributed by atoms with E-state index in [0.29, 0.717) is 12.5 Å². The van der Waals surface area contributed by atoms with Gasteiger partial charge in [0.1, 0.15) is 0 Å². The fourth-order valence-corrected chi connectivity index (χ4v) is 1.79. The van der Waals surface area contributed by atoms with Gasteiger partial charge in [-0.15, -0.1) is 0 Å². The zero-order valence-electron chi connectivity index (χ0n) is 9.68. The summed E-state index contributed by atoms with van der Waals surface area (Å²) in [5.74, 6) is -1.74.